The molecule has 0 radical (unpaired) electrons. The lowest BCUT2D eigenvalue weighted by molar-refractivity contribution is -0.120. The first kappa shape index (κ1) is 14.5. The fourth-order valence-corrected chi connectivity index (χ4v) is 2.66. The van der Waals surface area contributed by atoms with Gasteiger partial charge in [-0.2, -0.15) is 0 Å². The Kier molecular flexibility index (Phi) is 6.54. The van der Waals surface area contributed by atoms with Crippen molar-refractivity contribution in [3.63, 3.8) is 0 Å². The van der Waals surface area contributed by atoms with Crippen molar-refractivity contribution in [3.05, 3.63) is 12.2 Å². The molecule has 1 aliphatic carbocycles. The van der Waals surface area contributed by atoms with Crippen LogP contribution in [0.1, 0.15) is 71.6 Å². The summed E-state index contributed by atoms with van der Waals surface area (Å²) in [6.45, 7) is 8.48. The van der Waals surface area contributed by atoms with Gasteiger partial charge in [0, 0.05) is 12.3 Å². The number of allylic oxidation sites excluding steroid dienone is 1. The molecule has 0 spiro atoms. The van der Waals surface area contributed by atoms with E-state index >= 15 is 0 Å². The van der Waals surface area contributed by atoms with Crippen molar-refractivity contribution in [1.29, 1.82) is 0 Å². The number of Topliss-reactive ketones (excluding diaryl/α,β-unsaturated/α-hetero) is 1. The zero-order valence-corrected chi connectivity index (χ0v) is 11.6. The number of hydrogen-bond donors (Lipinski definition) is 0. The summed E-state index contributed by atoms with van der Waals surface area (Å²) in [4.78, 5) is 12.0. The molecule has 2 atom stereocenters. The number of carbonyl (C=O) groups is 1. The summed E-state index contributed by atoms with van der Waals surface area (Å²) in [7, 11) is 0. The average Bonchev–Trinajstić information content (AvgIpc) is 2.96. The van der Waals surface area contributed by atoms with Crippen LogP contribution in [0.25, 0.3) is 0 Å². The van der Waals surface area contributed by atoms with Crippen molar-refractivity contribution in [1.82, 2.24) is 0 Å². The summed E-state index contributed by atoms with van der Waals surface area (Å²) < 4.78 is 0. The standard InChI is InChI=1S/C16H28O/c1-4-6-8-10-12-15(17)16-13(3)14(16)11-9-7-5-2/h14,16H,3-12H2,1-2H3. The third-order valence-electron chi connectivity index (χ3n) is 3.91. The van der Waals surface area contributed by atoms with Crippen LogP contribution in [-0.2, 0) is 4.79 Å². The number of hydrogen-bond acceptors (Lipinski definition) is 1. The predicted molar refractivity (Wildman–Crippen MR) is 74.0 cm³/mol. The topological polar surface area (TPSA) is 17.1 Å². The van der Waals surface area contributed by atoms with Crippen molar-refractivity contribution < 1.29 is 4.79 Å². The SMILES string of the molecule is C=C1C(CCCCC)C1C(=O)CCCCCC. The van der Waals surface area contributed by atoms with Gasteiger partial charge in [-0.3, -0.25) is 4.79 Å². The second-order valence-electron chi connectivity index (χ2n) is 5.43. The van der Waals surface area contributed by atoms with E-state index in [-0.39, 0.29) is 5.92 Å². The van der Waals surface area contributed by atoms with E-state index in [1.54, 1.807) is 0 Å². The van der Waals surface area contributed by atoms with Crippen LogP contribution in [0.4, 0.5) is 0 Å². The first-order valence-electron chi connectivity index (χ1n) is 7.43. The van der Waals surface area contributed by atoms with Crippen LogP contribution in [-0.4, -0.2) is 5.78 Å². The molecule has 0 saturated heterocycles. The number of rotatable bonds is 10. The van der Waals surface area contributed by atoms with Gasteiger partial charge in [0.15, 0.2) is 0 Å². The van der Waals surface area contributed by atoms with E-state index < -0.39 is 0 Å². The van der Waals surface area contributed by atoms with Gasteiger partial charge in [0.05, 0.1) is 0 Å². The van der Waals surface area contributed by atoms with E-state index in [9.17, 15) is 4.79 Å². The number of carbonyl (C=O) groups excluding carboxylic acids is 1. The Morgan fingerprint density at radius 1 is 1.06 bits per heavy atom. The zero-order chi connectivity index (χ0) is 12.7. The van der Waals surface area contributed by atoms with Crippen LogP contribution in [0.15, 0.2) is 12.2 Å². The largest absolute Gasteiger partial charge is 0.299 e. The highest BCUT2D eigenvalue weighted by molar-refractivity contribution is 5.88. The highest BCUT2D eigenvalue weighted by Crippen LogP contribution is 2.48. The smallest absolute Gasteiger partial charge is 0.140 e. The minimum Gasteiger partial charge on any atom is -0.299 e. The van der Waals surface area contributed by atoms with Gasteiger partial charge >= 0.3 is 0 Å². The van der Waals surface area contributed by atoms with E-state index in [2.05, 4.69) is 20.4 Å². The van der Waals surface area contributed by atoms with Gasteiger partial charge in [0.1, 0.15) is 5.78 Å². The van der Waals surface area contributed by atoms with Crippen LogP contribution in [0.2, 0.25) is 0 Å². The Balaban J connectivity index is 2.14. The summed E-state index contributed by atoms with van der Waals surface area (Å²) in [5.74, 6) is 1.25. The predicted octanol–water partition coefficient (Wildman–Crippen LogP) is 4.91. The minimum atomic E-state index is 0.244. The molecule has 1 saturated carbocycles. The van der Waals surface area contributed by atoms with E-state index in [4.69, 9.17) is 0 Å². The van der Waals surface area contributed by atoms with Crippen LogP contribution in [0.5, 0.6) is 0 Å². The van der Waals surface area contributed by atoms with Gasteiger partial charge in [-0.1, -0.05) is 64.5 Å². The second kappa shape index (κ2) is 7.68. The Morgan fingerprint density at radius 3 is 2.35 bits per heavy atom. The number of unbranched alkanes of at least 4 members (excludes halogenated alkanes) is 5. The first-order valence-corrected chi connectivity index (χ1v) is 7.43. The van der Waals surface area contributed by atoms with Gasteiger partial charge in [-0.05, 0) is 18.8 Å². The Morgan fingerprint density at radius 2 is 1.71 bits per heavy atom. The van der Waals surface area contributed by atoms with Crippen molar-refractivity contribution in [3.8, 4) is 0 Å². The third kappa shape index (κ3) is 4.65. The molecule has 0 heterocycles. The van der Waals surface area contributed by atoms with E-state index in [0.717, 1.165) is 12.8 Å². The van der Waals surface area contributed by atoms with Crippen LogP contribution >= 0.6 is 0 Å². The molecule has 17 heavy (non-hydrogen) atoms. The Bertz CT molecular complexity index is 254. The summed E-state index contributed by atoms with van der Waals surface area (Å²) in [5, 5.41) is 0. The van der Waals surface area contributed by atoms with Gasteiger partial charge in [-0.25, -0.2) is 0 Å². The normalized spacial score (nSPS) is 22.8. The maximum atomic E-state index is 12.0. The maximum absolute atomic E-state index is 12.0. The molecule has 0 aliphatic heterocycles. The van der Waals surface area contributed by atoms with Crippen molar-refractivity contribution in [2.24, 2.45) is 11.8 Å². The molecular weight excluding hydrogens is 208 g/mol. The Labute approximate surface area is 107 Å². The highest BCUT2D eigenvalue weighted by Gasteiger charge is 2.45. The summed E-state index contributed by atoms with van der Waals surface area (Å²) in [5.41, 5.74) is 1.22. The van der Waals surface area contributed by atoms with E-state index in [0.29, 0.717) is 11.7 Å². The molecule has 1 rings (SSSR count). The van der Waals surface area contributed by atoms with Gasteiger partial charge in [-0.15, -0.1) is 0 Å². The quantitative estimate of drug-likeness (QED) is 0.389. The molecule has 0 N–H and O–H groups in total. The van der Waals surface area contributed by atoms with Crippen LogP contribution < -0.4 is 0 Å². The number of ketones is 1. The molecular formula is C16H28O. The monoisotopic (exact) mass is 236 g/mol. The fraction of sp³-hybridized carbons (Fsp3) is 0.812. The highest BCUT2D eigenvalue weighted by atomic mass is 16.1. The lowest BCUT2D eigenvalue weighted by Crippen LogP contribution is -2.02. The molecule has 0 aromatic carbocycles. The van der Waals surface area contributed by atoms with Crippen molar-refractivity contribution in [2.45, 2.75) is 71.6 Å². The summed E-state index contributed by atoms with van der Waals surface area (Å²) in [6, 6.07) is 0. The molecule has 1 aliphatic rings. The minimum absolute atomic E-state index is 0.244. The molecule has 2 unspecified atom stereocenters. The molecule has 1 nitrogen and oxygen atoms in total. The first-order chi connectivity index (χ1) is 8.22. The van der Waals surface area contributed by atoms with Gasteiger partial charge in [0.25, 0.3) is 0 Å². The second-order valence-corrected chi connectivity index (χ2v) is 5.43. The Hall–Kier alpha value is -0.590. The summed E-state index contributed by atoms with van der Waals surface area (Å²) in [6.07, 6.45) is 10.6. The molecule has 0 bridgehead atoms. The molecule has 98 valence electrons. The molecule has 0 amide bonds. The average molecular weight is 236 g/mol. The van der Waals surface area contributed by atoms with Crippen molar-refractivity contribution >= 4 is 5.78 Å². The fourth-order valence-electron chi connectivity index (χ4n) is 2.66. The maximum Gasteiger partial charge on any atom is 0.140 e. The van der Waals surface area contributed by atoms with Gasteiger partial charge < -0.3 is 0 Å². The molecule has 1 fully saturated rings. The lowest BCUT2D eigenvalue weighted by Gasteiger charge is -2.00. The third-order valence-corrected chi connectivity index (χ3v) is 3.91. The van der Waals surface area contributed by atoms with Crippen molar-refractivity contribution in [2.75, 3.05) is 0 Å². The van der Waals surface area contributed by atoms with E-state index in [1.165, 1.54) is 50.5 Å². The lowest BCUT2D eigenvalue weighted by atomic mass is 10.0. The molecule has 0 aromatic heterocycles. The molecule has 1 heteroatoms. The zero-order valence-electron chi connectivity index (χ0n) is 11.6. The van der Waals surface area contributed by atoms with Crippen LogP contribution in [0, 0.1) is 11.8 Å². The molecule has 0 aromatic rings. The van der Waals surface area contributed by atoms with Gasteiger partial charge in [0.2, 0.25) is 0 Å². The van der Waals surface area contributed by atoms with Crippen LogP contribution in [0.3, 0.4) is 0 Å². The van der Waals surface area contributed by atoms with E-state index in [1.807, 2.05) is 0 Å². The summed E-state index contributed by atoms with van der Waals surface area (Å²) >= 11 is 0.